The lowest BCUT2D eigenvalue weighted by atomic mass is 10.2. The minimum atomic E-state index is -3.05. The third kappa shape index (κ3) is 7.76. The molecule has 0 fully saturated rings. The molecule has 0 radical (unpaired) electrons. The van der Waals surface area contributed by atoms with E-state index in [0.717, 1.165) is 6.08 Å². The van der Waals surface area contributed by atoms with E-state index in [4.69, 9.17) is 22.4 Å². The molecule has 0 amide bonds. The molecule has 0 rings (SSSR count). The van der Waals surface area contributed by atoms with E-state index >= 15 is 0 Å². The number of carbonyl (C=O) groups excluding carboxylic acids is 1. The Hall–Kier alpha value is -0.733. The smallest absolute Gasteiger partial charge is 0.463 e. The molecule has 0 aliphatic carbocycles. The van der Waals surface area contributed by atoms with Crippen LogP contribution < -0.4 is 0 Å². The summed E-state index contributed by atoms with van der Waals surface area (Å²) >= 11 is 0. The van der Waals surface area contributed by atoms with Gasteiger partial charge in [-0.3, -0.25) is 0 Å². The third-order valence-corrected chi connectivity index (χ3v) is 4.88. The van der Waals surface area contributed by atoms with Crippen LogP contribution in [0.1, 0.15) is 33.6 Å². The largest absolute Gasteiger partial charge is 0.679 e. The standard InChI is InChI=1S/C13H26O6Si/c1-6-13(14)16-11-9-10-12(4)19-20(15-5,17-7-2)18-8-3/h6,12H,1,7-11H2,2-5H3. The number of hydrogen-bond donors (Lipinski definition) is 0. The van der Waals surface area contributed by atoms with Crippen LogP contribution in [0.15, 0.2) is 12.7 Å². The van der Waals surface area contributed by atoms with Crippen LogP contribution in [0, 0.1) is 0 Å². The van der Waals surface area contributed by atoms with Crippen molar-refractivity contribution in [1.82, 2.24) is 0 Å². The Morgan fingerprint density at radius 2 is 1.90 bits per heavy atom. The molecule has 118 valence electrons. The number of ether oxygens (including phenoxy) is 1. The fourth-order valence-electron chi connectivity index (χ4n) is 1.54. The van der Waals surface area contributed by atoms with Crippen molar-refractivity contribution >= 4 is 15.0 Å². The monoisotopic (exact) mass is 306 g/mol. The van der Waals surface area contributed by atoms with E-state index in [2.05, 4.69) is 6.58 Å². The molecule has 0 aromatic rings. The fourth-order valence-corrected chi connectivity index (χ4v) is 3.41. The number of hydrogen-bond acceptors (Lipinski definition) is 6. The fraction of sp³-hybridized carbons (Fsp3) is 0.769. The van der Waals surface area contributed by atoms with Crippen LogP contribution in [0.3, 0.4) is 0 Å². The van der Waals surface area contributed by atoms with Crippen LogP contribution in [0.5, 0.6) is 0 Å². The summed E-state index contributed by atoms with van der Waals surface area (Å²) in [5, 5.41) is 0. The molecule has 0 bridgehead atoms. The summed E-state index contributed by atoms with van der Waals surface area (Å²) in [6.45, 7) is 10.2. The minimum absolute atomic E-state index is 0.109. The maximum atomic E-state index is 10.9. The predicted octanol–water partition coefficient (Wildman–Crippen LogP) is 2.06. The summed E-state index contributed by atoms with van der Waals surface area (Å²) in [4.78, 5) is 10.9. The van der Waals surface area contributed by atoms with Crippen molar-refractivity contribution in [2.75, 3.05) is 26.9 Å². The first kappa shape index (κ1) is 19.3. The molecule has 0 saturated heterocycles. The Morgan fingerprint density at radius 1 is 1.30 bits per heavy atom. The van der Waals surface area contributed by atoms with Crippen LogP contribution in [0.25, 0.3) is 0 Å². The summed E-state index contributed by atoms with van der Waals surface area (Å²) in [5.41, 5.74) is 0. The van der Waals surface area contributed by atoms with E-state index in [1.54, 1.807) is 0 Å². The molecule has 7 heteroatoms. The van der Waals surface area contributed by atoms with Crippen LogP contribution in [-0.4, -0.2) is 48.1 Å². The van der Waals surface area contributed by atoms with Gasteiger partial charge in [-0.2, -0.15) is 0 Å². The lowest BCUT2D eigenvalue weighted by Crippen LogP contribution is -2.50. The average molecular weight is 306 g/mol. The van der Waals surface area contributed by atoms with Crippen LogP contribution in [0.4, 0.5) is 0 Å². The van der Waals surface area contributed by atoms with Gasteiger partial charge in [-0.05, 0) is 33.6 Å². The van der Waals surface area contributed by atoms with Gasteiger partial charge >= 0.3 is 15.0 Å². The lowest BCUT2D eigenvalue weighted by molar-refractivity contribution is -0.138. The van der Waals surface area contributed by atoms with Crippen molar-refractivity contribution in [3.8, 4) is 0 Å². The number of rotatable bonds is 12. The van der Waals surface area contributed by atoms with Crippen molar-refractivity contribution in [2.24, 2.45) is 0 Å². The zero-order chi connectivity index (χ0) is 15.4. The van der Waals surface area contributed by atoms with Crippen molar-refractivity contribution in [3.63, 3.8) is 0 Å². The van der Waals surface area contributed by atoms with Gasteiger partial charge in [-0.15, -0.1) is 0 Å². The summed E-state index contributed by atoms with van der Waals surface area (Å²) in [7, 11) is -1.52. The van der Waals surface area contributed by atoms with Crippen molar-refractivity contribution in [2.45, 2.75) is 39.7 Å². The molecule has 0 aromatic heterocycles. The molecule has 0 saturated carbocycles. The van der Waals surface area contributed by atoms with Gasteiger partial charge in [-0.25, -0.2) is 4.79 Å². The van der Waals surface area contributed by atoms with E-state index in [0.29, 0.717) is 32.7 Å². The summed E-state index contributed by atoms with van der Waals surface area (Å²) in [5.74, 6) is -0.414. The minimum Gasteiger partial charge on any atom is -0.463 e. The van der Waals surface area contributed by atoms with Gasteiger partial charge in [0.1, 0.15) is 0 Å². The second-order valence-corrected chi connectivity index (χ2v) is 6.23. The van der Waals surface area contributed by atoms with E-state index in [1.807, 2.05) is 20.8 Å². The van der Waals surface area contributed by atoms with Crippen LogP contribution in [-0.2, 0) is 27.2 Å². The van der Waals surface area contributed by atoms with Gasteiger partial charge in [0.15, 0.2) is 0 Å². The van der Waals surface area contributed by atoms with Crippen LogP contribution >= 0.6 is 0 Å². The molecule has 1 atom stereocenters. The Balaban J connectivity index is 4.14. The Morgan fingerprint density at radius 3 is 2.35 bits per heavy atom. The van der Waals surface area contributed by atoms with E-state index in [9.17, 15) is 4.79 Å². The molecule has 0 heterocycles. The van der Waals surface area contributed by atoms with Crippen molar-refractivity contribution in [1.29, 1.82) is 0 Å². The van der Waals surface area contributed by atoms with E-state index in [-0.39, 0.29) is 6.10 Å². The SMILES string of the molecule is C=CC(=O)OCCCC(C)O[Si](OC)(OCC)OCC. The van der Waals surface area contributed by atoms with Crippen molar-refractivity contribution in [3.05, 3.63) is 12.7 Å². The van der Waals surface area contributed by atoms with Gasteiger partial charge in [0.05, 0.1) is 6.61 Å². The highest BCUT2D eigenvalue weighted by Crippen LogP contribution is 2.16. The quantitative estimate of drug-likeness (QED) is 0.238. The molecular formula is C13H26O6Si. The number of esters is 1. The first-order chi connectivity index (χ1) is 9.53. The normalized spacial score (nSPS) is 13.0. The Labute approximate surface area is 122 Å². The molecule has 20 heavy (non-hydrogen) atoms. The molecule has 6 nitrogen and oxygen atoms in total. The molecular weight excluding hydrogens is 280 g/mol. The highest BCUT2D eigenvalue weighted by atomic mass is 28.4. The van der Waals surface area contributed by atoms with Crippen LogP contribution in [0.2, 0.25) is 0 Å². The van der Waals surface area contributed by atoms with Gasteiger partial charge in [-0.1, -0.05) is 6.58 Å². The molecule has 1 unspecified atom stereocenters. The van der Waals surface area contributed by atoms with Crippen molar-refractivity contribution < 1.29 is 27.2 Å². The van der Waals surface area contributed by atoms with E-state index < -0.39 is 15.0 Å². The first-order valence-electron chi connectivity index (χ1n) is 6.83. The molecule has 0 aliphatic rings. The maximum absolute atomic E-state index is 10.9. The average Bonchev–Trinajstić information content (AvgIpc) is 2.43. The predicted molar refractivity (Wildman–Crippen MR) is 77.0 cm³/mol. The Kier molecular flexibility index (Phi) is 10.6. The maximum Gasteiger partial charge on any atom is 0.679 e. The van der Waals surface area contributed by atoms with E-state index in [1.165, 1.54) is 7.11 Å². The first-order valence-corrected chi connectivity index (χ1v) is 8.46. The molecule has 0 spiro atoms. The second-order valence-electron chi connectivity index (χ2n) is 4.01. The second kappa shape index (κ2) is 11.0. The summed E-state index contributed by atoms with van der Waals surface area (Å²) in [6.07, 6.45) is 2.44. The zero-order valence-electron chi connectivity index (χ0n) is 12.8. The molecule has 0 aliphatic heterocycles. The van der Waals surface area contributed by atoms with Gasteiger partial charge in [0.2, 0.25) is 0 Å². The molecule has 0 aromatic carbocycles. The topological polar surface area (TPSA) is 63.2 Å². The Bertz CT molecular complexity index is 278. The summed E-state index contributed by atoms with van der Waals surface area (Å²) < 4.78 is 27.1. The lowest BCUT2D eigenvalue weighted by Gasteiger charge is -2.28. The third-order valence-electron chi connectivity index (χ3n) is 2.40. The highest BCUT2D eigenvalue weighted by molar-refractivity contribution is 6.53. The highest BCUT2D eigenvalue weighted by Gasteiger charge is 2.45. The number of carbonyl (C=O) groups is 1. The van der Waals surface area contributed by atoms with Gasteiger partial charge in [0.25, 0.3) is 0 Å². The van der Waals surface area contributed by atoms with Gasteiger partial charge in [0, 0.05) is 32.5 Å². The summed E-state index contributed by atoms with van der Waals surface area (Å²) in [6, 6.07) is 0. The molecule has 0 N–H and O–H groups in total. The zero-order valence-corrected chi connectivity index (χ0v) is 13.8. The van der Waals surface area contributed by atoms with Gasteiger partial charge < -0.3 is 22.4 Å².